The largest absolute Gasteiger partial charge is 0.378 e. The molecule has 4 heterocycles. The van der Waals surface area contributed by atoms with E-state index in [9.17, 15) is 9.59 Å². The van der Waals surface area contributed by atoms with Gasteiger partial charge in [-0.3, -0.25) is 14.3 Å². The third-order valence-corrected chi connectivity index (χ3v) is 7.51. The number of fused-ring (bicyclic) bond motifs is 2. The molecule has 2 unspecified atom stereocenters. The molecule has 2 fully saturated rings. The molecule has 0 spiro atoms. The third-order valence-electron chi connectivity index (χ3n) is 7.28. The number of Topliss-reactive ketones (excluding diaryl/α,β-unsaturated/α-hetero) is 1. The van der Waals surface area contributed by atoms with Crippen LogP contribution in [0.25, 0.3) is 17.2 Å². The Labute approximate surface area is 222 Å². The highest BCUT2D eigenvalue weighted by molar-refractivity contribution is 6.30. The molecule has 0 N–H and O–H groups in total. The van der Waals surface area contributed by atoms with Crippen LogP contribution in [-0.2, 0) is 22.5 Å². The summed E-state index contributed by atoms with van der Waals surface area (Å²) in [6.07, 6.45) is 5.49. The fourth-order valence-corrected chi connectivity index (χ4v) is 5.90. The van der Waals surface area contributed by atoms with Crippen LogP contribution in [0, 0.1) is 5.92 Å². The van der Waals surface area contributed by atoms with E-state index in [1.807, 2.05) is 38.2 Å². The number of hydrogen-bond acceptors (Lipinski definition) is 6. The van der Waals surface area contributed by atoms with E-state index in [4.69, 9.17) is 16.3 Å². The number of halogens is 1. The van der Waals surface area contributed by atoms with Gasteiger partial charge in [-0.15, -0.1) is 5.10 Å². The highest BCUT2D eigenvalue weighted by Crippen LogP contribution is 2.31. The number of hydrogen-bond donors (Lipinski definition) is 0. The number of ketones is 1. The molecule has 2 saturated heterocycles. The van der Waals surface area contributed by atoms with Gasteiger partial charge in [-0.2, -0.15) is 4.68 Å². The Hall–Kier alpha value is -2.81. The zero-order chi connectivity index (χ0) is 26.1. The molecule has 2 bridgehead atoms. The van der Waals surface area contributed by atoms with Crippen LogP contribution in [0.1, 0.15) is 45.6 Å². The van der Waals surface area contributed by atoms with Gasteiger partial charge in [0.25, 0.3) is 0 Å². The Balaban J connectivity index is 1.40. The summed E-state index contributed by atoms with van der Waals surface area (Å²) >= 11 is 6.21. The van der Waals surface area contributed by atoms with E-state index in [0.717, 1.165) is 25.2 Å². The maximum atomic E-state index is 13.4. The maximum absolute atomic E-state index is 13.4. The van der Waals surface area contributed by atoms with Gasteiger partial charge in [0.15, 0.2) is 17.4 Å². The van der Waals surface area contributed by atoms with Gasteiger partial charge in [-0.25, -0.2) is 9.78 Å². The summed E-state index contributed by atoms with van der Waals surface area (Å²) in [5.41, 5.74) is 1.38. The lowest BCUT2D eigenvalue weighted by Crippen LogP contribution is -2.50. The number of rotatable bonds is 9. The van der Waals surface area contributed by atoms with Crippen LogP contribution in [0.4, 0.5) is 0 Å². The van der Waals surface area contributed by atoms with Crippen molar-refractivity contribution < 1.29 is 9.53 Å². The molecule has 2 aliphatic heterocycles. The second-order valence-corrected chi connectivity index (χ2v) is 11.1. The zero-order valence-corrected chi connectivity index (χ0v) is 22.4. The van der Waals surface area contributed by atoms with E-state index < -0.39 is 5.69 Å². The Bertz CT molecular complexity index is 1300. The van der Waals surface area contributed by atoms with Crippen molar-refractivity contribution in [2.24, 2.45) is 5.92 Å². The van der Waals surface area contributed by atoms with Gasteiger partial charge in [0.2, 0.25) is 0 Å². The van der Waals surface area contributed by atoms with E-state index in [0.29, 0.717) is 46.8 Å². The summed E-state index contributed by atoms with van der Waals surface area (Å²) < 4.78 is 8.42. The first-order valence-corrected chi connectivity index (χ1v) is 13.5. The molecule has 8 nitrogen and oxygen atoms in total. The standard InChI is InChI=1S/C28H34ClN5O3/c1-18(2)11-25(35)15-32-27(21-5-4-6-22(29)13-21)31-34(28(32)36)26-10-7-20(14-30-26)12-19(3)33-23-8-9-24(33)17-37-16-23/h4-7,10,13-14,18-19,23-24H,8-9,11-12,15-17H2,1-3H3/t19-,23?,24?/m1/s1. The van der Waals surface area contributed by atoms with Crippen molar-refractivity contribution in [3.63, 3.8) is 0 Å². The lowest BCUT2D eigenvalue weighted by atomic mass is 10.1. The Kier molecular flexibility index (Phi) is 7.60. The lowest BCUT2D eigenvalue weighted by molar-refractivity contribution is -0.120. The first-order valence-electron chi connectivity index (χ1n) is 13.1. The Morgan fingerprint density at radius 3 is 2.54 bits per heavy atom. The van der Waals surface area contributed by atoms with E-state index in [-0.39, 0.29) is 18.2 Å². The molecule has 1 aromatic carbocycles. The number of carbonyl (C=O) groups excluding carboxylic acids is 1. The fourth-order valence-electron chi connectivity index (χ4n) is 5.71. The maximum Gasteiger partial charge on any atom is 0.352 e. The van der Waals surface area contributed by atoms with Crippen molar-refractivity contribution in [3.05, 3.63) is 63.7 Å². The molecule has 3 aromatic rings. The molecule has 196 valence electrons. The Morgan fingerprint density at radius 1 is 1.14 bits per heavy atom. The highest BCUT2D eigenvalue weighted by Gasteiger charge is 2.39. The predicted molar refractivity (Wildman–Crippen MR) is 143 cm³/mol. The number of ether oxygens (including phenoxy) is 1. The minimum atomic E-state index is -0.398. The van der Waals surface area contributed by atoms with Crippen molar-refractivity contribution in [3.8, 4) is 17.2 Å². The second-order valence-electron chi connectivity index (χ2n) is 10.7. The van der Waals surface area contributed by atoms with Gasteiger partial charge >= 0.3 is 5.69 Å². The van der Waals surface area contributed by atoms with Gasteiger partial charge < -0.3 is 4.74 Å². The Morgan fingerprint density at radius 2 is 1.89 bits per heavy atom. The van der Waals surface area contributed by atoms with Crippen LogP contribution in [-0.4, -0.2) is 61.4 Å². The SMILES string of the molecule is CC(C)CC(=O)Cn1c(-c2cccc(Cl)c2)nn(-c2ccc(C[C@@H](C)N3C4CCC3COC4)cn2)c1=O. The normalized spacial score (nSPS) is 20.5. The van der Waals surface area contributed by atoms with Crippen molar-refractivity contribution in [1.82, 2.24) is 24.2 Å². The van der Waals surface area contributed by atoms with E-state index >= 15 is 0 Å². The molecule has 0 aliphatic carbocycles. The molecule has 0 radical (unpaired) electrons. The molecule has 2 aliphatic rings. The van der Waals surface area contributed by atoms with Crippen LogP contribution in [0.2, 0.25) is 5.02 Å². The minimum absolute atomic E-state index is 0.0192. The summed E-state index contributed by atoms with van der Waals surface area (Å²) in [6.45, 7) is 7.82. The highest BCUT2D eigenvalue weighted by atomic mass is 35.5. The van der Waals surface area contributed by atoms with E-state index in [1.54, 1.807) is 18.2 Å². The quantitative estimate of drug-likeness (QED) is 0.419. The summed E-state index contributed by atoms with van der Waals surface area (Å²) in [7, 11) is 0. The van der Waals surface area contributed by atoms with Gasteiger partial charge in [0, 0.05) is 41.3 Å². The van der Waals surface area contributed by atoms with Crippen LogP contribution >= 0.6 is 11.6 Å². The van der Waals surface area contributed by atoms with Crippen molar-refractivity contribution in [2.75, 3.05) is 13.2 Å². The summed E-state index contributed by atoms with van der Waals surface area (Å²) in [5, 5.41) is 5.12. The molecule has 0 saturated carbocycles. The third kappa shape index (κ3) is 5.56. The van der Waals surface area contributed by atoms with E-state index in [1.165, 1.54) is 22.1 Å². The minimum Gasteiger partial charge on any atom is -0.378 e. The molecule has 2 aromatic heterocycles. The molecule has 9 heteroatoms. The lowest BCUT2D eigenvalue weighted by Gasteiger charge is -2.39. The molecule has 5 rings (SSSR count). The predicted octanol–water partition coefficient (Wildman–Crippen LogP) is 4.16. The number of morpholine rings is 1. The first-order chi connectivity index (χ1) is 17.8. The van der Waals surface area contributed by atoms with Gasteiger partial charge in [0.05, 0.1) is 19.8 Å². The molecular weight excluding hydrogens is 490 g/mol. The van der Waals surface area contributed by atoms with Crippen LogP contribution in [0.3, 0.4) is 0 Å². The van der Waals surface area contributed by atoms with Crippen molar-refractivity contribution in [2.45, 2.75) is 71.1 Å². The zero-order valence-electron chi connectivity index (χ0n) is 21.6. The van der Waals surface area contributed by atoms with Crippen molar-refractivity contribution in [1.29, 1.82) is 0 Å². The first kappa shape index (κ1) is 25.8. The number of carbonyl (C=O) groups is 1. The van der Waals surface area contributed by atoms with Crippen LogP contribution in [0.5, 0.6) is 0 Å². The topological polar surface area (TPSA) is 82.2 Å². The average molecular weight is 524 g/mol. The van der Waals surface area contributed by atoms with Crippen LogP contribution in [0.15, 0.2) is 47.4 Å². The number of aromatic nitrogens is 4. The van der Waals surface area contributed by atoms with E-state index in [2.05, 4.69) is 21.9 Å². The van der Waals surface area contributed by atoms with Gasteiger partial charge in [-0.05, 0) is 55.9 Å². The second kappa shape index (κ2) is 10.9. The number of pyridine rings is 1. The summed E-state index contributed by atoms with van der Waals surface area (Å²) in [5.74, 6) is 1.00. The molecule has 3 atom stereocenters. The molecule has 0 amide bonds. The van der Waals surface area contributed by atoms with Crippen LogP contribution < -0.4 is 5.69 Å². The number of nitrogens with zero attached hydrogens (tertiary/aromatic N) is 5. The monoisotopic (exact) mass is 523 g/mol. The number of benzene rings is 1. The molecular formula is C28H34ClN5O3. The average Bonchev–Trinajstić information content (AvgIpc) is 3.31. The van der Waals surface area contributed by atoms with Gasteiger partial charge in [0.1, 0.15) is 0 Å². The molecule has 37 heavy (non-hydrogen) atoms. The summed E-state index contributed by atoms with van der Waals surface area (Å²) in [6, 6.07) is 12.4. The summed E-state index contributed by atoms with van der Waals surface area (Å²) in [4.78, 5) is 33.3. The van der Waals surface area contributed by atoms with Gasteiger partial charge in [-0.1, -0.05) is 43.6 Å². The fraction of sp³-hybridized carbons (Fsp3) is 0.500. The smallest absolute Gasteiger partial charge is 0.352 e. The van der Waals surface area contributed by atoms with Crippen molar-refractivity contribution >= 4 is 17.4 Å².